The Morgan fingerprint density at radius 2 is 2.17 bits per heavy atom. The zero-order chi connectivity index (χ0) is 13.1. The minimum absolute atomic E-state index is 0.514. The molecule has 0 unspecified atom stereocenters. The molecule has 0 aliphatic rings. The van der Waals surface area contributed by atoms with Crippen molar-refractivity contribution in [3.63, 3.8) is 0 Å². The molecule has 0 saturated heterocycles. The second-order valence-electron chi connectivity index (χ2n) is 3.56. The molecule has 2 aromatic rings. The summed E-state index contributed by atoms with van der Waals surface area (Å²) >= 11 is 1.53. The predicted molar refractivity (Wildman–Crippen MR) is 67.1 cm³/mol. The highest BCUT2D eigenvalue weighted by Gasteiger charge is 2.03. The van der Waals surface area contributed by atoms with Gasteiger partial charge in [-0.1, -0.05) is 0 Å². The molecule has 1 N–H and O–H groups in total. The van der Waals surface area contributed by atoms with Crippen LogP contribution in [0.25, 0.3) is 10.2 Å². The van der Waals surface area contributed by atoms with Gasteiger partial charge >= 0.3 is 0 Å². The molecular formula is C12H9N2O3S-. The molecule has 0 fully saturated rings. The number of carbonyl (C=O) groups excluding carboxylic acids is 2. The summed E-state index contributed by atoms with van der Waals surface area (Å²) in [6.07, 6.45) is 1.60. The number of amides is 1. The quantitative estimate of drug-likeness (QED) is 0.830. The van der Waals surface area contributed by atoms with Gasteiger partial charge in [0.05, 0.1) is 21.2 Å². The molecule has 0 radical (unpaired) electrons. The summed E-state index contributed by atoms with van der Waals surface area (Å²) in [5.74, 6) is -1.92. The van der Waals surface area contributed by atoms with Crippen LogP contribution in [0.5, 0.6) is 0 Å². The monoisotopic (exact) mass is 261 g/mol. The minimum Gasteiger partial charge on any atom is -0.545 e. The van der Waals surface area contributed by atoms with Crippen molar-refractivity contribution in [1.29, 1.82) is 0 Å². The normalized spacial score (nSPS) is 10.9. The van der Waals surface area contributed by atoms with E-state index in [0.717, 1.165) is 21.3 Å². The molecule has 92 valence electrons. The summed E-state index contributed by atoms with van der Waals surface area (Å²) in [5, 5.41) is 13.7. The first-order chi connectivity index (χ1) is 8.54. The molecular weight excluding hydrogens is 252 g/mol. The number of nitrogens with zero attached hydrogens (tertiary/aromatic N) is 1. The average molecular weight is 261 g/mol. The van der Waals surface area contributed by atoms with Crippen molar-refractivity contribution in [2.24, 2.45) is 0 Å². The van der Waals surface area contributed by atoms with Crippen LogP contribution in [0, 0.1) is 6.92 Å². The number of carbonyl (C=O) groups is 2. The number of aromatic nitrogens is 1. The molecule has 0 aliphatic carbocycles. The van der Waals surface area contributed by atoms with Gasteiger partial charge in [0, 0.05) is 11.8 Å². The van der Waals surface area contributed by atoms with E-state index in [0.29, 0.717) is 11.8 Å². The lowest BCUT2D eigenvalue weighted by Crippen LogP contribution is -2.20. The number of fused-ring (bicyclic) bond motifs is 1. The largest absolute Gasteiger partial charge is 0.545 e. The summed E-state index contributed by atoms with van der Waals surface area (Å²) in [5.41, 5.74) is 1.47. The Morgan fingerprint density at radius 1 is 1.39 bits per heavy atom. The lowest BCUT2D eigenvalue weighted by atomic mass is 10.3. The van der Waals surface area contributed by atoms with Crippen molar-refractivity contribution in [2.45, 2.75) is 6.92 Å². The lowest BCUT2D eigenvalue weighted by molar-refractivity contribution is -0.297. The Kier molecular flexibility index (Phi) is 3.38. The molecule has 0 saturated carbocycles. The van der Waals surface area contributed by atoms with E-state index in [1.807, 2.05) is 6.92 Å². The zero-order valence-electron chi connectivity index (χ0n) is 9.47. The number of rotatable bonds is 3. The van der Waals surface area contributed by atoms with Crippen LogP contribution in [-0.4, -0.2) is 16.9 Å². The van der Waals surface area contributed by atoms with Gasteiger partial charge in [0.2, 0.25) is 5.91 Å². The first-order valence-corrected chi connectivity index (χ1v) is 5.93. The maximum atomic E-state index is 11.4. The van der Waals surface area contributed by atoms with Gasteiger partial charge in [-0.15, -0.1) is 11.3 Å². The number of nitrogens with one attached hydrogen (secondary N) is 1. The van der Waals surface area contributed by atoms with Crippen molar-refractivity contribution in [2.75, 3.05) is 5.32 Å². The Bertz CT molecular complexity index is 646. The van der Waals surface area contributed by atoms with Gasteiger partial charge < -0.3 is 15.2 Å². The highest BCUT2D eigenvalue weighted by atomic mass is 32.1. The first kappa shape index (κ1) is 12.3. The van der Waals surface area contributed by atoms with Crippen LogP contribution < -0.4 is 10.4 Å². The Balaban J connectivity index is 2.16. The average Bonchev–Trinajstić information content (AvgIpc) is 2.66. The first-order valence-electron chi connectivity index (χ1n) is 5.12. The number of anilines is 1. The van der Waals surface area contributed by atoms with Gasteiger partial charge in [-0.05, 0) is 31.2 Å². The number of carboxylic acid groups (broad SMARTS) is 1. The summed E-state index contributed by atoms with van der Waals surface area (Å²) in [6, 6.07) is 5.31. The maximum absolute atomic E-state index is 11.4. The fourth-order valence-corrected chi connectivity index (χ4v) is 2.31. The van der Waals surface area contributed by atoms with Gasteiger partial charge in [0.1, 0.15) is 0 Å². The van der Waals surface area contributed by atoms with Crippen LogP contribution in [0.2, 0.25) is 0 Å². The summed E-state index contributed by atoms with van der Waals surface area (Å²) in [6.45, 7) is 1.91. The van der Waals surface area contributed by atoms with E-state index in [2.05, 4.69) is 10.3 Å². The second-order valence-corrected chi connectivity index (χ2v) is 4.79. The van der Waals surface area contributed by atoms with Gasteiger partial charge in [0.15, 0.2) is 0 Å². The number of aryl methyl sites for hydroxylation is 1. The van der Waals surface area contributed by atoms with Crippen molar-refractivity contribution < 1.29 is 14.7 Å². The van der Waals surface area contributed by atoms with E-state index >= 15 is 0 Å². The van der Waals surface area contributed by atoms with Crippen LogP contribution in [0.1, 0.15) is 5.01 Å². The van der Waals surface area contributed by atoms with Crippen LogP contribution >= 0.6 is 11.3 Å². The predicted octanol–water partition coefficient (Wildman–Crippen LogP) is 0.849. The molecule has 1 aromatic heterocycles. The SMILES string of the molecule is Cc1nc2ccc(NC(=O)/C=C/C(=O)[O-])cc2s1. The molecule has 1 aromatic carbocycles. The van der Waals surface area contributed by atoms with Gasteiger partial charge in [-0.2, -0.15) is 0 Å². The lowest BCUT2D eigenvalue weighted by Gasteiger charge is -2.01. The molecule has 0 aliphatic heterocycles. The summed E-state index contributed by atoms with van der Waals surface area (Å²) < 4.78 is 0.967. The summed E-state index contributed by atoms with van der Waals surface area (Å²) in [7, 11) is 0. The smallest absolute Gasteiger partial charge is 0.248 e. The van der Waals surface area contributed by atoms with E-state index in [1.54, 1.807) is 18.2 Å². The topological polar surface area (TPSA) is 82.1 Å². The van der Waals surface area contributed by atoms with Crippen LogP contribution in [0.4, 0.5) is 5.69 Å². The molecule has 0 bridgehead atoms. The molecule has 1 amide bonds. The minimum atomic E-state index is -1.40. The van der Waals surface area contributed by atoms with Crippen molar-refractivity contribution in [3.8, 4) is 0 Å². The third kappa shape index (κ3) is 2.92. The van der Waals surface area contributed by atoms with E-state index < -0.39 is 11.9 Å². The fourth-order valence-electron chi connectivity index (χ4n) is 1.45. The van der Waals surface area contributed by atoms with Crippen LogP contribution in [0.3, 0.4) is 0 Å². The third-order valence-corrected chi connectivity index (χ3v) is 3.07. The van der Waals surface area contributed by atoms with E-state index in [1.165, 1.54) is 11.3 Å². The molecule has 6 heteroatoms. The standard InChI is InChI=1S/C12H10N2O3S/c1-7-13-9-3-2-8(6-10(9)18-7)14-11(15)4-5-12(16)17/h2-6H,1H3,(H,14,15)(H,16,17)/p-1/b5-4+. The van der Waals surface area contributed by atoms with Crippen LogP contribution in [0.15, 0.2) is 30.4 Å². The Morgan fingerprint density at radius 3 is 2.89 bits per heavy atom. The molecule has 5 nitrogen and oxygen atoms in total. The van der Waals surface area contributed by atoms with Crippen molar-refractivity contribution >= 4 is 39.1 Å². The Hall–Kier alpha value is -2.21. The number of aliphatic carboxylic acids is 1. The number of thiazole rings is 1. The highest BCUT2D eigenvalue weighted by Crippen LogP contribution is 2.24. The third-order valence-electron chi connectivity index (χ3n) is 2.13. The van der Waals surface area contributed by atoms with Crippen molar-refractivity contribution in [1.82, 2.24) is 4.98 Å². The number of carboxylic acids is 1. The second kappa shape index (κ2) is 4.97. The molecule has 0 atom stereocenters. The number of hydrogen-bond donors (Lipinski definition) is 1. The maximum Gasteiger partial charge on any atom is 0.248 e. The molecule has 1 heterocycles. The van der Waals surface area contributed by atoms with Gasteiger partial charge in [-0.25, -0.2) is 4.98 Å². The number of benzene rings is 1. The molecule has 0 spiro atoms. The van der Waals surface area contributed by atoms with Crippen molar-refractivity contribution in [3.05, 3.63) is 35.4 Å². The highest BCUT2D eigenvalue weighted by molar-refractivity contribution is 7.18. The molecule has 2 rings (SSSR count). The van der Waals surface area contributed by atoms with Gasteiger partial charge in [0.25, 0.3) is 0 Å². The van der Waals surface area contributed by atoms with E-state index in [9.17, 15) is 14.7 Å². The van der Waals surface area contributed by atoms with Crippen LogP contribution in [-0.2, 0) is 9.59 Å². The number of hydrogen-bond acceptors (Lipinski definition) is 5. The van der Waals surface area contributed by atoms with E-state index in [4.69, 9.17) is 0 Å². The fraction of sp³-hybridized carbons (Fsp3) is 0.0833. The van der Waals surface area contributed by atoms with E-state index in [-0.39, 0.29) is 0 Å². The van der Waals surface area contributed by atoms with Gasteiger partial charge in [-0.3, -0.25) is 4.79 Å². The molecule has 18 heavy (non-hydrogen) atoms. The summed E-state index contributed by atoms with van der Waals surface area (Å²) in [4.78, 5) is 25.8. The Labute approximate surface area is 107 Å². The zero-order valence-corrected chi connectivity index (χ0v) is 10.3.